The van der Waals surface area contributed by atoms with Crippen molar-refractivity contribution in [1.29, 1.82) is 0 Å². The maximum Gasteiger partial charge on any atom is 0.252 e. The minimum Gasteiger partial charge on any atom is -0.383 e. The van der Waals surface area contributed by atoms with Crippen molar-refractivity contribution in [3.05, 3.63) is 71.5 Å². The predicted octanol–water partition coefficient (Wildman–Crippen LogP) is 3.74. The van der Waals surface area contributed by atoms with Crippen molar-refractivity contribution >= 4 is 5.91 Å². The summed E-state index contributed by atoms with van der Waals surface area (Å²) in [6.45, 7) is 4.97. The number of carbonyl (C=O) groups excluding carboxylic acids is 1. The van der Waals surface area contributed by atoms with E-state index in [2.05, 4.69) is 5.32 Å². The Morgan fingerprint density at radius 2 is 1.74 bits per heavy atom. The van der Waals surface area contributed by atoms with Crippen LogP contribution in [-0.4, -0.2) is 55.9 Å². The number of halogens is 1. The molecule has 2 aromatic carbocycles. The molecule has 190 valence electrons. The molecule has 7 nitrogen and oxygen atoms in total. The van der Waals surface area contributed by atoms with Crippen LogP contribution in [0, 0.1) is 5.82 Å². The van der Waals surface area contributed by atoms with Gasteiger partial charge in [0.2, 0.25) is 0 Å². The van der Waals surface area contributed by atoms with Crippen molar-refractivity contribution in [3.63, 3.8) is 0 Å². The number of methoxy groups -OCH3 is 1. The van der Waals surface area contributed by atoms with Crippen LogP contribution in [0.5, 0.6) is 0 Å². The molecule has 0 unspecified atom stereocenters. The molecular weight excluding hydrogens is 453 g/mol. The van der Waals surface area contributed by atoms with E-state index in [9.17, 15) is 9.18 Å². The number of carbonyl (C=O) groups is 1. The van der Waals surface area contributed by atoms with Crippen LogP contribution < -0.4 is 5.32 Å². The van der Waals surface area contributed by atoms with Gasteiger partial charge in [0.05, 0.1) is 32.0 Å². The molecule has 1 heterocycles. The van der Waals surface area contributed by atoms with E-state index in [0.717, 1.165) is 11.1 Å². The Morgan fingerprint density at radius 3 is 2.46 bits per heavy atom. The minimum absolute atomic E-state index is 0.144. The normalized spacial score (nSPS) is 27.4. The lowest BCUT2D eigenvalue weighted by molar-refractivity contribution is -0.183. The average molecular weight is 488 g/mol. The molecule has 0 aromatic heterocycles. The zero-order valence-corrected chi connectivity index (χ0v) is 20.5. The third kappa shape index (κ3) is 6.45. The zero-order valence-electron chi connectivity index (χ0n) is 20.5. The first-order valence-electron chi connectivity index (χ1n) is 12.0. The van der Waals surface area contributed by atoms with Crippen LogP contribution in [0.25, 0.3) is 0 Å². The van der Waals surface area contributed by atoms with Crippen LogP contribution in [0.2, 0.25) is 0 Å². The predicted molar refractivity (Wildman–Crippen MR) is 127 cm³/mol. The van der Waals surface area contributed by atoms with Crippen molar-refractivity contribution < 1.29 is 32.9 Å². The van der Waals surface area contributed by atoms with Gasteiger partial charge < -0.3 is 29.0 Å². The molecule has 1 aliphatic carbocycles. The summed E-state index contributed by atoms with van der Waals surface area (Å²) in [5.41, 5.74) is 0.576. The number of benzene rings is 2. The van der Waals surface area contributed by atoms with Gasteiger partial charge >= 0.3 is 0 Å². The second-order valence-corrected chi connectivity index (χ2v) is 9.54. The third-order valence-corrected chi connectivity index (χ3v) is 6.39. The highest BCUT2D eigenvalue weighted by atomic mass is 19.1. The quantitative estimate of drug-likeness (QED) is 0.515. The molecule has 8 heteroatoms. The highest BCUT2D eigenvalue weighted by molar-refractivity contribution is 5.85. The lowest BCUT2D eigenvalue weighted by Gasteiger charge is -2.43. The van der Waals surface area contributed by atoms with E-state index in [0.29, 0.717) is 32.6 Å². The van der Waals surface area contributed by atoms with Crippen LogP contribution in [-0.2, 0) is 41.7 Å². The largest absolute Gasteiger partial charge is 0.383 e. The first kappa shape index (κ1) is 25.7. The molecule has 0 radical (unpaired) electrons. The van der Waals surface area contributed by atoms with E-state index in [1.807, 2.05) is 44.2 Å². The molecule has 1 amide bonds. The summed E-state index contributed by atoms with van der Waals surface area (Å²) in [6.07, 6.45) is -0.548. The second kappa shape index (κ2) is 11.1. The second-order valence-electron chi connectivity index (χ2n) is 9.54. The van der Waals surface area contributed by atoms with Gasteiger partial charge in [0.1, 0.15) is 11.9 Å². The summed E-state index contributed by atoms with van der Waals surface area (Å²) < 4.78 is 43.6. The van der Waals surface area contributed by atoms with Crippen LogP contribution in [0.1, 0.15) is 37.8 Å². The summed E-state index contributed by atoms with van der Waals surface area (Å²) in [5, 5.41) is 2.93. The van der Waals surface area contributed by atoms with Gasteiger partial charge in [-0.1, -0.05) is 42.5 Å². The Morgan fingerprint density at radius 1 is 1.03 bits per heavy atom. The van der Waals surface area contributed by atoms with Gasteiger partial charge in [0, 0.05) is 26.5 Å². The number of fused-ring (bicyclic) bond motifs is 1. The smallest absolute Gasteiger partial charge is 0.252 e. The fourth-order valence-corrected chi connectivity index (χ4v) is 4.72. The molecular formula is C27H34FNO6. The lowest BCUT2D eigenvalue weighted by atomic mass is 9.78. The Kier molecular flexibility index (Phi) is 8.19. The van der Waals surface area contributed by atoms with Gasteiger partial charge in [-0.2, -0.15) is 0 Å². The molecule has 1 saturated carbocycles. The molecule has 2 aliphatic rings. The molecule has 0 bridgehead atoms. The maximum absolute atomic E-state index is 13.5. The van der Waals surface area contributed by atoms with Gasteiger partial charge in [-0.05, 0) is 37.1 Å². The maximum atomic E-state index is 13.5. The van der Waals surface area contributed by atoms with Crippen molar-refractivity contribution in [2.24, 2.45) is 0 Å². The van der Waals surface area contributed by atoms with Gasteiger partial charge in [-0.15, -0.1) is 0 Å². The molecule has 4 atom stereocenters. The molecule has 1 N–H and O–H groups in total. The zero-order chi connectivity index (χ0) is 24.9. The van der Waals surface area contributed by atoms with Crippen LogP contribution in [0.4, 0.5) is 4.39 Å². The van der Waals surface area contributed by atoms with E-state index in [-0.39, 0.29) is 30.5 Å². The molecule has 2 fully saturated rings. The third-order valence-electron chi connectivity index (χ3n) is 6.39. The molecule has 4 rings (SSSR count). The SMILES string of the molecule is COCCNC(=O)[C@@]1(OCc2ccc(F)cc2)C[C@H](OCc2ccccc2)[C@@H]2OC(C)(C)O[C@@H]2C1. The Balaban J connectivity index is 1.58. The number of hydrogen-bond acceptors (Lipinski definition) is 6. The highest BCUT2D eigenvalue weighted by Crippen LogP contribution is 2.44. The van der Waals surface area contributed by atoms with Gasteiger partial charge in [0.15, 0.2) is 11.4 Å². The minimum atomic E-state index is -1.21. The van der Waals surface area contributed by atoms with Gasteiger partial charge in [-0.25, -0.2) is 4.39 Å². The van der Waals surface area contributed by atoms with E-state index in [4.69, 9.17) is 23.7 Å². The van der Waals surface area contributed by atoms with Crippen LogP contribution in [0.15, 0.2) is 54.6 Å². The number of ether oxygens (including phenoxy) is 5. The van der Waals surface area contributed by atoms with E-state index in [1.54, 1.807) is 19.2 Å². The molecule has 35 heavy (non-hydrogen) atoms. The Hall–Kier alpha value is -2.36. The Labute approximate surface area is 205 Å². The van der Waals surface area contributed by atoms with E-state index in [1.165, 1.54) is 12.1 Å². The number of hydrogen-bond donors (Lipinski definition) is 1. The highest BCUT2D eigenvalue weighted by Gasteiger charge is 2.58. The van der Waals surface area contributed by atoms with E-state index >= 15 is 0 Å². The van der Waals surface area contributed by atoms with E-state index < -0.39 is 17.5 Å². The molecule has 1 saturated heterocycles. The van der Waals surface area contributed by atoms with Crippen molar-refractivity contribution in [1.82, 2.24) is 5.32 Å². The van der Waals surface area contributed by atoms with Crippen molar-refractivity contribution in [2.75, 3.05) is 20.3 Å². The fourth-order valence-electron chi connectivity index (χ4n) is 4.72. The topological polar surface area (TPSA) is 75.3 Å². The standard InChI is InChI=1S/C27H34FNO6/c1-26(2)34-23-16-27(25(30)29-13-14-31-3,33-18-20-9-11-21(28)12-10-20)15-22(24(23)35-26)32-17-19-7-5-4-6-8-19/h4-12,22-24H,13-18H2,1-3H3,(H,29,30)/t22-,23+,24-,27+/m0/s1. The number of rotatable bonds is 10. The lowest BCUT2D eigenvalue weighted by Crippen LogP contribution is -2.60. The average Bonchev–Trinajstić information content (AvgIpc) is 3.16. The first-order chi connectivity index (χ1) is 16.8. The monoisotopic (exact) mass is 487 g/mol. The summed E-state index contributed by atoms with van der Waals surface area (Å²) in [4.78, 5) is 13.5. The molecule has 2 aromatic rings. The summed E-state index contributed by atoms with van der Waals surface area (Å²) in [6, 6.07) is 15.9. The number of amides is 1. The Bertz CT molecular complexity index is 969. The fraction of sp³-hybridized carbons (Fsp3) is 0.519. The van der Waals surface area contributed by atoms with Gasteiger partial charge in [0.25, 0.3) is 5.91 Å². The van der Waals surface area contributed by atoms with Crippen molar-refractivity contribution in [3.8, 4) is 0 Å². The summed E-state index contributed by atoms with van der Waals surface area (Å²) >= 11 is 0. The van der Waals surface area contributed by atoms with Crippen LogP contribution >= 0.6 is 0 Å². The summed E-state index contributed by atoms with van der Waals surface area (Å²) in [5.74, 6) is -1.38. The van der Waals surface area contributed by atoms with Gasteiger partial charge in [-0.3, -0.25) is 4.79 Å². The van der Waals surface area contributed by atoms with Crippen molar-refractivity contribution in [2.45, 2.75) is 69.6 Å². The number of nitrogens with one attached hydrogen (secondary N) is 1. The molecule has 0 spiro atoms. The van der Waals surface area contributed by atoms with Crippen LogP contribution in [0.3, 0.4) is 0 Å². The molecule has 1 aliphatic heterocycles. The first-order valence-corrected chi connectivity index (χ1v) is 12.0. The summed E-state index contributed by atoms with van der Waals surface area (Å²) in [7, 11) is 1.58.